The zero-order valence-electron chi connectivity index (χ0n) is 6.67. The van der Waals surface area contributed by atoms with Gasteiger partial charge in [0.2, 0.25) is 0 Å². The highest BCUT2D eigenvalue weighted by molar-refractivity contribution is 9.08. The summed E-state index contributed by atoms with van der Waals surface area (Å²) >= 11 is 7.39. The molecule has 0 spiro atoms. The number of hydrogen-bond donors (Lipinski definition) is 1. The van der Waals surface area contributed by atoms with Crippen molar-refractivity contribution in [3.63, 3.8) is 0 Å². The van der Waals surface area contributed by atoms with Crippen LogP contribution in [0, 0.1) is 0 Å². The molecule has 2 nitrogen and oxygen atoms in total. The molecule has 5 heteroatoms. The lowest BCUT2D eigenvalue weighted by Crippen LogP contribution is -1.93. The second kappa shape index (κ2) is 5.10. The SMILES string of the molecule is O=S(O)Cc1ccc(CBr)c(Cl)c1. The van der Waals surface area contributed by atoms with Crippen molar-refractivity contribution in [3.05, 3.63) is 34.3 Å². The third-order valence-electron chi connectivity index (χ3n) is 1.55. The number of rotatable bonds is 3. The highest BCUT2D eigenvalue weighted by atomic mass is 79.9. The minimum Gasteiger partial charge on any atom is -0.306 e. The van der Waals surface area contributed by atoms with E-state index < -0.39 is 11.1 Å². The van der Waals surface area contributed by atoms with Crippen LogP contribution in [0.5, 0.6) is 0 Å². The van der Waals surface area contributed by atoms with Crippen LogP contribution in [0.1, 0.15) is 11.1 Å². The molecule has 0 saturated carbocycles. The number of benzene rings is 1. The molecule has 0 aliphatic rings. The molecule has 1 aromatic carbocycles. The maximum atomic E-state index is 10.5. The van der Waals surface area contributed by atoms with Gasteiger partial charge in [-0.1, -0.05) is 39.7 Å². The zero-order valence-corrected chi connectivity index (χ0v) is 9.82. The molecule has 1 N–H and O–H groups in total. The van der Waals surface area contributed by atoms with Gasteiger partial charge in [-0.15, -0.1) is 0 Å². The molecule has 1 rings (SSSR count). The molecule has 0 amide bonds. The third kappa shape index (κ3) is 3.38. The van der Waals surface area contributed by atoms with E-state index in [1.54, 1.807) is 12.1 Å². The van der Waals surface area contributed by atoms with Gasteiger partial charge in [0.05, 0.1) is 5.75 Å². The molecule has 0 saturated heterocycles. The second-order valence-corrected chi connectivity index (χ2v) is 4.42. The first-order chi connectivity index (χ1) is 6.13. The maximum absolute atomic E-state index is 10.5. The standard InChI is InChI=1S/C8H8BrClO2S/c9-4-7-2-1-6(3-8(7)10)5-13(11)12/h1-3H,4-5H2,(H,11,12). The Balaban J connectivity index is 2.89. The van der Waals surface area contributed by atoms with Gasteiger partial charge in [0.25, 0.3) is 0 Å². The molecule has 13 heavy (non-hydrogen) atoms. The van der Waals surface area contributed by atoms with Crippen molar-refractivity contribution in [2.45, 2.75) is 11.1 Å². The molecular formula is C8H8BrClO2S. The smallest absolute Gasteiger partial charge is 0.157 e. The van der Waals surface area contributed by atoms with Crippen molar-refractivity contribution < 1.29 is 8.76 Å². The van der Waals surface area contributed by atoms with E-state index in [9.17, 15) is 4.21 Å². The van der Waals surface area contributed by atoms with Gasteiger partial charge in [0.15, 0.2) is 11.1 Å². The summed E-state index contributed by atoms with van der Waals surface area (Å²) in [6.45, 7) is 0. The third-order valence-corrected chi connectivity index (χ3v) is 3.09. The van der Waals surface area contributed by atoms with Crippen molar-refractivity contribution in [2.24, 2.45) is 0 Å². The van der Waals surface area contributed by atoms with E-state index in [1.165, 1.54) is 0 Å². The van der Waals surface area contributed by atoms with E-state index in [0.29, 0.717) is 10.4 Å². The monoisotopic (exact) mass is 282 g/mol. The molecule has 72 valence electrons. The Kier molecular flexibility index (Phi) is 4.38. The minimum absolute atomic E-state index is 0.127. The van der Waals surface area contributed by atoms with Gasteiger partial charge in [-0.25, -0.2) is 4.21 Å². The maximum Gasteiger partial charge on any atom is 0.157 e. The van der Waals surface area contributed by atoms with E-state index >= 15 is 0 Å². The Bertz CT molecular complexity index is 330. The van der Waals surface area contributed by atoms with Gasteiger partial charge in [-0.3, -0.25) is 0 Å². The van der Waals surface area contributed by atoms with Gasteiger partial charge in [-0.05, 0) is 17.2 Å². The summed E-state index contributed by atoms with van der Waals surface area (Å²) in [4.78, 5) is 0. The zero-order chi connectivity index (χ0) is 9.84. The minimum atomic E-state index is -1.80. The van der Waals surface area contributed by atoms with E-state index in [0.717, 1.165) is 11.1 Å². The molecule has 0 heterocycles. The van der Waals surface area contributed by atoms with Gasteiger partial charge >= 0.3 is 0 Å². The molecule has 1 aromatic rings. The Morgan fingerprint density at radius 1 is 1.54 bits per heavy atom. The molecule has 0 aromatic heterocycles. The quantitative estimate of drug-likeness (QED) is 0.684. The van der Waals surface area contributed by atoms with E-state index in [4.69, 9.17) is 16.2 Å². The van der Waals surface area contributed by atoms with Crippen LogP contribution in [0.4, 0.5) is 0 Å². The van der Waals surface area contributed by atoms with E-state index in [2.05, 4.69) is 15.9 Å². The normalized spacial score (nSPS) is 12.8. The van der Waals surface area contributed by atoms with Gasteiger partial charge in [-0.2, -0.15) is 0 Å². The van der Waals surface area contributed by atoms with Crippen LogP contribution in [0.25, 0.3) is 0 Å². The fourth-order valence-electron chi connectivity index (χ4n) is 0.932. The predicted octanol–water partition coefficient (Wildman–Crippen LogP) is 2.96. The average Bonchev–Trinajstić information content (AvgIpc) is 2.03. The molecule has 0 bridgehead atoms. The Labute approximate surface area is 92.7 Å². The van der Waals surface area contributed by atoms with Gasteiger partial charge < -0.3 is 4.55 Å². The first-order valence-electron chi connectivity index (χ1n) is 3.54. The fourth-order valence-corrected chi connectivity index (χ4v) is 2.32. The Morgan fingerprint density at radius 3 is 2.69 bits per heavy atom. The average molecular weight is 284 g/mol. The van der Waals surface area contributed by atoms with Gasteiger partial charge in [0.1, 0.15) is 0 Å². The molecule has 0 fully saturated rings. The molecule has 1 atom stereocenters. The molecule has 0 aliphatic carbocycles. The van der Waals surface area contributed by atoms with Crippen molar-refractivity contribution in [1.29, 1.82) is 0 Å². The van der Waals surface area contributed by atoms with Crippen molar-refractivity contribution >= 4 is 38.6 Å². The number of hydrogen-bond acceptors (Lipinski definition) is 1. The summed E-state index contributed by atoms with van der Waals surface area (Å²) in [5.74, 6) is 0.127. The summed E-state index contributed by atoms with van der Waals surface area (Å²) in [6, 6.07) is 5.36. The highest BCUT2D eigenvalue weighted by Gasteiger charge is 2.02. The van der Waals surface area contributed by atoms with Crippen LogP contribution in [0.15, 0.2) is 18.2 Å². The molecule has 0 aliphatic heterocycles. The molecule has 1 unspecified atom stereocenters. The summed E-state index contributed by atoms with van der Waals surface area (Å²) in [6.07, 6.45) is 0. The number of alkyl halides is 1. The second-order valence-electron chi connectivity index (χ2n) is 2.53. The van der Waals surface area contributed by atoms with Crippen LogP contribution in [-0.2, 0) is 22.2 Å². The summed E-state index contributed by atoms with van der Waals surface area (Å²) in [5.41, 5.74) is 1.75. The highest BCUT2D eigenvalue weighted by Crippen LogP contribution is 2.20. The van der Waals surface area contributed by atoms with Crippen molar-refractivity contribution in [1.82, 2.24) is 0 Å². The Morgan fingerprint density at radius 2 is 2.23 bits per heavy atom. The lowest BCUT2D eigenvalue weighted by Gasteiger charge is -2.02. The predicted molar refractivity (Wildman–Crippen MR) is 58.6 cm³/mol. The largest absolute Gasteiger partial charge is 0.306 e. The molecular weight excluding hydrogens is 276 g/mol. The summed E-state index contributed by atoms with van der Waals surface area (Å²) in [5, 5.41) is 1.31. The fraction of sp³-hybridized carbons (Fsp3) is 0.250. The van der Waals surface area contributed by atoms with Crippen LogP contribution in [0.3, 0.4) is 0 Å². The van der Waals surface area contributed by atoms with Crippen molar-refractivity contribution in [3.8, 4) is 0 Å². The van der Waals surface area contributed by atoms with Crippen LogP contribution in [0.2, 0.25) is 5.02 Å². The lowest BCUT2D eigenvalue weighted by molar-refractivity contribution is 0.563. The van der Waals surface area contributed by atoms with Crippen LogP contribution >= 0.6 is 27.5 Å². The summed E-state index contributed by atoms with van der Waals surface area (Å²) < 4.78 is 19.1. The van der Waals surface area contributed by atoms with Crippen LogP contribution < -0.4 is 0 Å². The first-order valence-corrected chi connectivity index (χ1v) is 6.31. The molecule has 0 radical (unpaired) electrons. The van der Waals surface area contributed by atoms with E-state index in [1.807, 2.05) is 6.07 Å². The lowest BCUT2D eigenvalue weighted by atomic mass is 10.2. The van der Waals surface area contributed by atoms with Gasteiger partial charge in [0, 0.05) is 10.4 Å². The van der Waals surface area contributed by atoms with Crippen molar-refractivity contribution in [2.75, 3.05) is 0 Å². The topological polar surface area (TPSA) is 37.3 Å². The Hall–Kier alpha value is 0.1000. The van der Waals surface area contributed by atoms with Crippen LogP contribution in [-0.4, -0.2) is 8.76 Å². The summed E-state index contributed by atoms with van der Waals surface area (Å²) in [7, 11) is 0. The number of halogens is 2. The van der Waals surface area contributed by atoms with E-state index in [-0.39, 0.29) is 5.75 Å². The first kappa shape index (κ1) is 11.2.